The van der Waals surface area contributed by atoms with Crippen molar-refractivity contribution >= 4 is 56.2 Å². The van der Waals surface area contributed by atoms with Gasteiger partial charge in [-0.2, -0.15) is 0 Å². The second kappa shape index (κ2) is 2.89. The van der Waals surface area contributed by atoms with Gasteiger partial charge in [0, 0.05) is 24.9 Å². The molecule has 0 fully saturated rings. The van der Waals surface area contributed by atoms with E-state index < -0.39 is 0 Å². The maximum atomic E-state index is 4.23. The second-order valence-corrected chi connectivity index (χ2v) is 4.40. The van der Waals surface area contributed by atoms with Crippen LogP contribution in [0.1, 0.15) is 0 Å². The first kappa shape index (κ1) is 7.78. The number of aromatic nitrogens is 2. The van der Waals surface area contributed by atoms with Crippen molar-refractivity contribution in [3.63, 3.8) is 0 Å². The van der Waals surface area contributed by atoms with Crippen LogP contribution in [0.15, 0.2) is 18.5 Å². The Bertz CT molecular complexity index is 394. The average molecular weight is 370 g/mol. The van der Waals surface area contributed by atoms with Crippen molar-refractivity contribution in [1.29, 1.82) is 0 Å². The zero-order valence-electron chi connectivity index (χ0n) is 5.44. The highest BCUT2D eigenvalue weighted by Crippen LogP contribution is 2.22. The number of hydrogen-bond donors (Lipinski definition) is 1. The Morgan fingerprint density at radius 3 is 3.00 bits per heavy atom. The molecule has 2 rings (SSSR count). The maximum Gasteiger partial charge on any atom is 0.138 e. The highest BCUT2D eigenvalue weighted by Gasteiger charge is 2.02. The van der Waals surface area contributed by atoms with Crippen LogP contribution in [0.5, 0.6) is 0 Å². The van der Waals surface area contributed by atoms with Crippen LogP contribution >= 0.6 is 45.2 Å². The average Bonchev–Trinajstić information content (AvgIpc) is 2.45. The van der Waals surface area contributed by atoms with Gasteiger partial charge in [-0.3, -0.25) is 0 Å². The summed E-state index contributed by atoms with van der Waals surface area (Å²) in [6, 6.07) is 2.05. The van der Waals surface area contributed by atoms with Crippen molar-refractivity contribution in [3.05, 3.63) is 25.6 Å². The van der Waals surface area contributed by atoms with Crippen molar-refractivity contribution < 1.29 is 0 Å². The third-order valence-corrected chi connectivity index (χ3v) is 4.49. The molecule has 0 unspecified atom stereocenters. The summed E-state index contributed by atoms with van der Waals surface area (Å²) in [5, 5.41) is 1.21. The normalized spacial score (nSPS) is 10.7. The summed E-state index contributed by atoms with van der Waals surface area (Å²) >= 11 is 4.62. The molecule has 0 aliphatic heterocycles. The lowest BCUT2D eigenvalue weighted by Crippen LogP contribution is -1.83. The highest BCUT2D eigenvalue weighted by molar-refractivity contribution is 14.1. The molecule has 4 heteroatoms. The number of aromatic amines is 1. The SMILES string of the molecule is Ic1cnc2[nH]ccc2c1I. The van der Waals surface area contributed by atoms with E-state index in [4.69, 9.17) is 0 Å². The van der Waals surface area contributed by atoms with E-state index in [2.05, 4.69) is 55.1 Å². The summed E-state index contributed by atoms with van der Waals surface area (Å²) in [7, 11) is 0. The van der Waals surface area contributed by atoms with E-state index in [1.54, 1.807) is 0 Å². The Labute approximate surface area is 91.1 Å². The highest BCUT2D eigenvalue weighted by atomic mass is 127. The van der Waals surface area contributed by atoms with Gasteiger partial charge >= 0.3 is 0 Å². The molecule has 0 aromatic carbocycles. The van der Waals surface area contributed by atoms with Gasteiger partial charge < -0.3 is 4.98 Å². The first-order valence-corrected chi connectivity index (χ1v) is 5.22. The number of nitrogens with one attached hydrogen (secondary N) is 1. The predicted molar refractivity (Wildman–Crippen MR) is 61.5 cm³/mol. The first-order valence-electron chi connectivity index (χ1n) is 3.06. The standard InChI is InChI=1S/C7H4I2N2/c8-5-3-11-7-4(6(5)9)1-2-10-7/h1-3H,(H,10,11). The molecule has 2 aromatic rings. The summed E-state index contributed by atoms with van der Waals surface area (Å²) < 4.78 is 2.48. The Morgan fingerprint density at radius 2 is 2.18 bits per heavy atom. The molecule has 0 atom stereocenters. The summed E-state index contributed by atoms with van der Waals surface area (Å²) in [6.07, 6.45) is 3.79. The zero-order valence-corrected chi connectivity index (χ0v) is 9.75. The summed E-state index contributed by atoms with van der Waals surface area (Å²) in [6.45, 7) is 0. The monoisotopic (exact) mass is 370 g/mol. The molecule has 0 aliphatic rings. The fourth-order valence-electron chi connectivity index (χ4n) is 0.951. The van der Waals surface area contributed by atoms with Crippen molar-refractivity contribution in [1.82, 2.24) is 9.97 Å². The van der Waals surface area contributed by atoms with E-state index in [0.29, 0.717) is 0 Å². The van der Waals surface area contributed by atoms with E-state index in [0.717, 1.165) is 5.65 Å². The lowest BCUT2D eigenvalue weighted by atomic mass is 10.3. The molecule has 2 heterocycles. The Balaban J connectivity index is 2.93. The molecule has 0 aliphatic carbocycles. The van der Waals surface area contributed by atoms with E-state index in [1.807, 2.05) is 18.5 Å². The van der Waals surface area contributed by atoms with Gasteiger partial charge in [0.1, 0.15) is 5.65 Å². The molecular formula is C7H4I2N2. The minimum Gasteiger partial charge on any atom is -0.346 e. The van der Waals surface area contributed by atoms with Gasteiger partial charge in [0.05, 0.1) is 0 Å². The Morgan fingerprint density at radius 1 is 1.36 bits per heavy atom. The van der Waals surface area contributed by atoms with Crippen LogP contribution in [0.2, 0.25) is 0 Å². The van der Waals surface area contributed by atoms with Crippen molar-refractivity contribution in [2.75, 3.05) is 0 Å². The van der Waals surface area contributed by atoms with E-state index in [-0.39, 0.29) is 0 Å². The third-order valence-electron chi connectivity index (χ3n) is 1.48. The largest absolute Gasteiger partial charge is 0.346 e. The molecule has 2 nitrogen and oxygen atoms in total. The fraction of sp³-hybridized carbons (Fsp3) is 0. The van der Waals surface area contributed by atoms with Gasteiger partial charge in [-0.05, 0) is 51.2 Å². The summed E-state index contributed by atoms with van der Waals surface area (Å²) in [4.78, 5) is 7.30. The first-order chi connectivity index (χ1) is 5.29. The van der Waals surface area contributed by atoms with Crippen LogP contribution in [0, 0.1) is 7.14 Å². The number of pyridine rings is 1. The van der Waals surface area contributed by atoms with Crippen LogP contribution in [-0.2, 0) is 0 Å². The Hall–Kier alpha value is 0.150. The number of nitrogens with zero attached hydrogens (tertiary/aromatic N) is 1. The van der Waals surface area contributed by atoms with Gasteiger partial charge in [0.25, 0.3) is 0 Å². The molecule has 0 spiro atoms. The second-order valence-electron chi connectivity index (χ2n) is 2.16. The van der Waals surface area contributed by atoms with E-state index >= 15 is 0 Å². The minimum absolute atomic E-state index is 0.967. The number of H-pyrrole nitrogens is 1. The van der Waals surface area contributed by atoms with Crippen LogP contribution in [0.3, 0.4) is 0 Å². The number of halogens is 2. The topological polar surface area (TPSA) is 28.7 Å². The lowest BCUT2D eigenvalue weighted by molar-refractivity contribution is 1.31. The molecular weight excluding hydrogens is 366 g/mol. The number of fused-ring (bicyclic) bond motifs is 1. The minimum atomic E-state index is 0.967. The zero-order chi connectivity index (χ0) is 7.84. The quantitative estimate of drug-likeness (QED) is 0.711. The van der Waals surface area contributed by atoms with E-state index in [9.17, 15) is 0 Å². The molecule has 0 saturated heterocycles. The van der Waals surface area contributed by atoms with Crippen molar-refractivity contribution in [3.8, 4) is 0 Å². The van der Waals surface area contributed by atoms with Crippen LogP contribution in [-0.4, -0.2) is 9.97 Å². The number of rotatable bonds is 0. The molecule has 0 radical (unpaired) electrons. The van der Waals surface area contributed by atoms with Crippen molar-refractivity contribution in [2.24, 2.45) is 0 Å². The summed E-state index contributed by atoms with van der Waals surface area (Å²) in [5.41, 5.74) is 0.967. The summed E-state index contributed by atoms with van der Waals surface area (Å²) in [5.74, 6) is 0. The molecule has 11 heavy (non-hydrogen) atoms. The smallest absolute Gasteiger partial charge is 0.138 e. The van der Waals surface area contributed by atoms with Gasteiger partial charge in [0.15, 0.2) is 0 Å². The molecule has 0 bridgehead atoms. The fourth-order valence-corrected chi connectivity index (χ4v) is 1.96. The van der Waals surface area contributed by atoms with Gasteiger partial charge in [-0.15, -0.1) is 0 Å². The van der Waals surface area contributed by atoms with Gasteiger partial charge in [-0.25, -0.2) is 4.98 Å². The molecule has 0 saturated carbocycles. The molecule has 1 N–H and O–H groups in total. The van der Waals surface area contributed by atoms with Crippen LogP contribution in [0.4, 0.5) is 0 Å². The molecule has 56 valence electrons. The third kappa shape index (κ3) is 1.26. The molecule has 0 amide bonds. The predicted octanol–water partition coefficient (Wildman–Crippen LogP) is 2.77. The van der Waals surface area contributed by atoms with Crippen LogP contribution < -0.4 is 0 Å². The maximum absolute atomic E-state index is 4.23. The van der Waals surface area contributed by atoms with Crippen LogP contribution in [0.25, 0.3) is 11.0 Å². The molecule has 2 aromatic heterocycles. The lowest BCUT2D eigenvalue weighted by Gasteiger charge is -1.95. The Kier molecular flexibility index (Phi) is 2.04. The van der Waals surface area contributed by atoms with Crippen molar-refractivity contribution in [2.45, 2.75) is 0 Å². The van der Waals surface area contributed by atoms with Gasteiger partial charge in [-0.1, -0.05) is 0 Å². The van der Waals surface area contributed by atoms with Gasteiger partial charge in [0.2, 0.25) is 0 Å². The number of hydrogen-bond acceptors (Lipinski definition) is 1. The van der Waals surface area contributed by atoms with E-state index in [1.165, 1.54) is 12.5 Å².